The van der Waals surface area contributed by atoms with Gasteiger partial charge in [0.15, 0.2) is 4.34 Å². The summed E-state index contributed by atoms with van der Waals surface area (Å²) in [6, 6.07) is 7.27. The minimum atomic E-state index is -4.63. The van der Waals surface area contributed by atoms with Crippen LogP contribution in [-0.4, -0.2) is 27.9 Å². The molecule has 0 bridgehead atoms. The first-order chi connectivity index (χ1) is 14.2. The number of hydrogen-bond acceptors (Lipinski definition) is 7. The van der Waals surface area contributed by atoms with Crippen molar-refractivity contribution in [3.63, 3.8) is 0 Å². The number of aromatic nitrogens is 2. The van der Waals surface area contributed by atoms with Gasteiger partial charge < -0.3 is 10.6 Å². The molecule has 0 spiro atoms. The monoisotopic (exact) mass is 492 g/mol. The number of amides is 1. The van der Waals surface area contributed by atoms with Crippen LogP contribution in [0, 0.1) is 0 Å². The zero-order valence-corrected chi connectivity index (χ0v) is 18.7. The summed E-state index contributed by atoms with van der Waals surface area (Å²) in [5, 5.41) is 15.5. The lowest BCUT2D eigenvalue weighted by atomic mass is 10.1. The second-order valence-electron chi connectivity index (χ2n) is 6.07. The molecule has 30 heavy (non-hydrogen) atoms. The molecular weight excluding hydrogens is 477 g/mol. The zero-order valence-electron chi connectivity index (χ0n) is 15.5. The molecule has 1 amide bonds. The third-order valence-electron chi connectivity index (χ3n) is 3.83. The second-order valence-corrected chi connectivity index (χ2v) is 10.1. The van der Waals surface area contributed by atoms with Crippen molar-refractivity contribution >= 4 is 62.8 Å². The van der Waals surface area contributed by atoms with Crippen LogP contribution in [0.5, 0.6) is 0 Å². The fraction of sp³-hybridized carbons (Fsp3) is 0.278. The van der Waals surface area contributed by atoms with Crippen LogP contribution in [0.25, 0.3) is 0 Å². The first-order valence-electron chi connectivity index (χ1n) is 8.66. The molecule has 0 aliphatic carbocycles. The molecule has 1 aromatic carbocycles. The van der Waals surface area contributed by atoms with Gasteiger partial charge in [0.1, 0.15) is 0 Å². The van der Waals surface area contributed by atoms with E-state index in [4.69, 9.17) is 11.6 Å². The molecule has 0 aliphatic rings. The molecule has 5 nitrogen and oxygen atoms in total. The van der Waals surface area contributed by atoms with Gasteiger partial charge in [0.05, 0.1) is 16.5 Å². The van der Waals surface area contributed by atoms with Crippen molar-refractivity contribution in [1.82, 2.24) is 10.2 Å². The van der Waals surface area contributed by atoms with Crippen molar-refractivity contribution in [3.8, 4) is 0 Å². The number of rotatable bonds is 8. The summed E-state index contributed by atoms with van der Waals surface area (Å²) in [5.74, 6) is -0.574. The van der Waals surface area contributed by atoms with Gasteiger partial charge in [-0.1, -0.05) is 40.8 Å². The Morgan fingerprint density at radius 1 is 1.30 bits per heavy atom. The Bertz CT molecular complexity index is 995. The van der Waals surface area contributed by atoms with Crippen LogP contribution in [0.2, 0.25) is 5.02 Å². The minimum Gasteiger partial charge on any atom is -0.360 e. The van der Waals surface area contributed by atoms with Crippen LogP contribution in [0.3, 0.4) is 0 Å². The van der Waals surface area contributed by atoms with Crippen LogP contribution < -0.4 is 10.6 Å². The molecule has 0 saturated carbocycles. The molecule has 0 aliphatic heterocycles. The van der Waals surface area contributed by atoms with Crippen molar-refractivity contribution in [2.75, 3.05) is 17.2 Å². The maximum absolute atomic E-state index is 13.2. The standard InChI is InChI=1S/C18H16ClF3N4OS3/c1-10(15(27)24-14-5-4-11(19)9-13(14)18(20,21)22)29-17-26-25-16(30-17)23-7-6-12-3-2-8-28-12/h2-5,8-10H,6-7H2,1H3,(H,23,25)(H,24,27). The van der Waals surface area contributed by atoms with Crippen molar-refractivity contribution in [3.05, 3.63) is 51.2 Å². The van der Waals surface area contributed by atoms with E-state index in [9.17, 15) is 18.0 Å². The Hall–Kier alpha value is -1.82. The van der Waals surface area contributed by atoms with E-state index in [2.05, 4.69) is 26.9 Å². The van der Waals surface area contributed by atoms with Gasteiger partial charge in [0, 0.05) is 16.4 Å². The van der Waals surface area contributed by atoms with Gasteiger partial charge in [0.25, 0.3) is 0 Å². The van der Waals surface area contributed by atoms with Crippen LogP contribution in [-0.2, 0) is 17.4 Å². The van der Waals surface area contributed by atoms with E-state index in [1.54, 1.807) is 18.3 Å². The predicted octanol–water partition coefficient (Wildman–Crippen LogP) is 6.05. The van der Waals surface area contributed by atoms with Gasteiger partial charge in [-0.25, -0.2) is 0 Å². The summed E-state index contributed by atoms with van der Waals surface area (Å²) in [5.41, 5.74) is -1.33. The van der Waals surface area contributed by atoms with Gasteiger partial charge >= 0.3 is 6.18 Å². The first-order valence-corrected chi connectivity index (χ1v) is 11.6. The van der Waals surface area contributed by atoms with E-state index in [1.807, 2.05) is 11.4 Å². The molecule has 2 aromatic heterocycles. The van der Waals surface area contributed by atoms with Gasteiger partial charge in [-0.3, -0.25) is 4.79 Å². The number of anilines is 2. The maximum atomic E-state index is 13.2. The third-order valence-corrected chi connectivity index (χ3v) is 7.06. The van der Waals surface area contributed by atoms with Crippen LogP contribution >= 0.6 is 46.0 Å². The SMILES string of the molecule is CC(Sc1nnc(NCCc2cccs2)s1)C(=O)Nc1ccc(Cl)cc1C(F)(F)F. The van der Waals surface area contributed by atoms with Crippen molar-refractivity contribution in [1.29, 1.82) is 0 Å². The highest BCUT2D eigenvalue weighted by molar-refractivity contribution is 8.02. The molecule has 3 aromatic rings. The number of carbonyl (C=O) groups is 1. The molecule has 2 heterocycles. The van der Waals surface area contributed by atoms with Gasteiger partial charge in [-0.15, -0.1) is 21.5 Å². The molecule has 0 saturated heterocycles. The normalized spacial score (nSPS) is 12.6. The Morgan fingerprint density at radius 3 is 2.80 bits per heavy atom. The highest BCUT2D eigenvalue weighted by Crippen LogP contribution is 2.37. The fourth-order valence-electron chi connectivity index (χ4n) is 2.38. The largest absolute Gasteiger partial charge is 0.418 e. The number of halogens is 4. The van der Waals surface area contributed by atoms with Crippen molar-refractivity contribution < 1.29 is 18.0 Å². The van der Waals surface area contributed by atoms with Gasteiger partial charge in [-0.2, -0.15) is 13.2 Å². The van der Waals surface area contributed by atoms with E-state index < -0.39 is 22.9 Å². The average Bonchev–Trinajstić information content (AvgIpc) is 3.34. The van der Waals surface area contributed by atoms with E-state index in [0.29, 0.717) is 16.0 Å². The summed E-state index contributed by atoms with van der Waals surface area (Å²) in [6.45, 7) is 2.29. The maximum Gasteiger partial charge on any atom is 0.418 e. The van der Waals surface area contributed by atoms with Crippen molar-refractivity contribution in [2.45, 2.75) is 29.1 Å². The summed E-state index contributed by atoms with van der Waals surface area (Å²) in [7, 11) is 0. The van der Waals surface area contributed by atoms with Gasteiger partial charge in [-0.05, 0) is 43.0 Å². The molecule has 2 N–H and O–H groups in total. The van der Waals surface area contributed by atoms with Crippen LogP contribution in [0.4, 0.5) is 24.0 Å². The molecule has 1 atom stereocenters. The quantitative estimate of drug-likeness (QED) is 0.375. The number of benzene rings is 1. The number of carbonyl (C=O) groups excluding carboxylic acids is 1. The number of alkyl halides is 3. The lowest BCUT2D eigenvalue weighted by molar-refractivity contribution is -0.137. The lowest BCUT2D eigenvalue weighted by Crippen LogP contribution is -2.24. The number of nitrogens with one attached hydrogen (secondary N) is 2. The highest BCUT2D eigenvalue weighted by Gasteiger charge is 2.34. The smallest absolute Gasteiger partial charge is 0.360 e. The molecule has 1 unspecified atom stereocenters. The summed E-state index contributed by atoms with van der Waals surface area (Å²) in [4.78, 5) is 13.7. The molecule has 0 radical (unpaired) electrons. The number of hydrogen-bond donors (Lipinski definition) is 2. The second kappa shape index (κ2) is 9.99. The highest BCUT2D eigenvalue weighted by atomic mass is 35.5. The summed E-state index contributed by atoms with van der Waals surface area (Å²) >= 11 is 9.75. The predicted molar refractivity (Wildman–Crippen MR) is 117 cm³/mol. The Morgan fingerprint density at radius 2 is 2.10 bits per heavy atom. The molecule has 3 rings (SSSR count). The van der Waals surface area contributed by atoms with E-state index >= 15 is 0 Å². The Kier molecular flexibility index (Phi) is 7.61. The summed E-state index contributed by atoms with van der Waals surface area (Å²) in [6.07, 6.45) is -3.77. The zero-order chi connectivity index (χ0) is 21.7. The summed E-state index contributed by atoms with van der Waals surface area (Å²) < 4.78 is 40.1. The number of thioether (sulfide) groups is 1. The third kappa shape index (κ3) is 6.34. The molecule has 160 valence electrons. The van der Waals surface area contributed by atoms with E-state index in [-0.39, 0.29) is 10.7 Å². The number of thiophene rings is 1. The van der Waals surface area contributed by atoms with E-state index in [1.165, 1.54) is 22.3 Å². The average molecular weight is 493 g/mol. The van der Waals surface area contributed by atoms with Gasteiger partial charge in [0.2, 0.25) is 11.0 Å². The first kappa shape index (κ1) is 22.9. The Labute approximate surface area is 188 Å². The molecule has 12 heteroatoms. The lowest BCUT2D eigenvalue weighted by Gasteiger charge is -2.16. The molecule has 0 fully saturated rings. The fourth-order valence-corrected chi connectivity index (χ4v) is 5.18. The minimum absolute atomic E-state index is 0.0595. The Balaban J connectivity index is 1.55. The van der Waals surface area contributed by atoms with Crippen LogP contribution in [0.1, 0.15) is 17.4 Å². The number of nitrogens with zero attached hydrogens (tertiary/aromatic N) is 2. The molecular formula is C18H16ClF3N4OS3. The topological polar surface area (TPSA) is 66.9 Å². The van der Waals surface area contributed by atoms with Crippen molar-refractivity contribution in [2.24, 2.45) is 0 Å². The van der Waals surface area contributed by atoms with E-state index in [0.717, 1.165) is 30.3 Å². The van der Waals surface area contributed by atoms with Crippen LogP contribution in [0.15, 0.2) is 40.1 Å².